The van der Waals surface area contributed by atoms with Gasteiger partial charge in [-0.05, 0) is 38.3 Å². The van der Waals surface area contributed by atoms with E-state index < -0.39 is 0 Å². The number of para-hydroxylation sites is 2. The first kappa shape index (κ1) is 13.0. The summed E-state index contributed by atoms with van der Waals surface area (Å²) in [5, 5.41) is 3.06. The van der Waals surface area contributed by atoms with Crippen molar-refractivity contribution in [2.24, 2.45) is 0 Å². The molecule has 3 rings (SSSR count). The van der Waals surface area contributed by atoms with Gasteiger partial charge in [0.05, 0.1) is 0 Å². The number of likely N-dealkylation sites (tertiary alicyclic amines) is 1. The van der Waals surface area contributed by atoms with E-state index in [-0.39, 0.29) is 11.9 Å². The van der Waals surface area contributed by atoms with E-state index in [2.05, 4.69) is 10.3 Å². The highest BCUT2D eigenvalue weighted by molar-refractivity contribution is 5.84. The maximum Gasteiger partial charge on any atom is 0.296 e. The lowest BCUT2D eigenvalue weighted by Crippen LogP contribution is -2.43. The number of anilines is 1. The molecule has 0 bridgehead atoms. The Morgan fingerprint density at radius 3 is 2.80 bits per heavy atom. The molecule has 1 N–H and O–H groups in total. The van der Waals surface area contributed by atoms with Gasteiger partial charge in [-0.3, -0.25) is 4.79 Å². The number of hydrogen-bond acceptors (Lipinski definition) is 4. The smallest absolute Gasteiger partial charge is 0.296 e. The summed E-state index contributed by atoms with van der Waals surface area (Å²) in [6.45, 7) is 3.57. The van der Waals surface area contributed by atoms with Gasteiger partial charge in [-0.2, -0.15) is 4.98 Å². The van der Waals surface area contributed by atoms with Gasteiger partial charge in [0.25, 0.3) is 6.01 Å². The summed E-state index contributed by atoms with van der Waals surface area (Å²) in [6.07, 6.45) is 3.42. The van der Waals surface area contributed by atoms with Crippen LogP contribution in [0.25, 0.3) is 11.1 Å². The molecule has 106 valence electrons. The van der Waals surface area contributed by atoms with Crippen molar-refractivity contribution < 1.29 is 9.21 Å². The third-order valence-corrected chi connectivity index (χ3v) is 3.67. The number of carbonyl (C=O) groups is 1. The number of fused-ring (bicyclic) bond motifs is 1. The number of carbonyl (C=O) groups excluding carboxylic acids is 1. The molecular formula is C15H19N3O2. The van der Waals surface area contributed by atoms with Gasteiger partial charge in [-0.15, -0.1) is 0 Å². The summed E-state index contributed by atoms with van der Waals surface area (Å²) in [5.41, 5.74) is 1.53. The van der Waals surface area contributed by atoms with Crippen LogP contribution in [0.2, 0.25) is 0 Å². The first-order valence-electron chi connectivity index (χ1n) is 7.15. The summed E-state index contributed by atoms with van der Waals surface area (Å²) < 4.78 is 5.58. The Labute approximate surface area is 118 Å². The van der Waals surface area contributed by atoms with Gasteiger partial charge in [0, 0.05) is 13.1 Å². The predicted octanol–water partition coefficient (Wildman–Crippen LogP) is 2.64. The van der Waals surface area contributed by atoms with Crippen molar-refractivity contribution in [2.45, 2.75) is 32.2 Å². The molecule has 0 unspecified atom stereocenters. The minimum Gasteiger partial charge on any atom is -0.424 e. The molecule has 1 fully saturated rings. The van der Waals surface area contributed by atoms with Gasteiger partial charge in [-0.1, -0.05) is 12.1 Å². The lowest BCUT2D eigenvalue weighted by molar-refractivity contribution is -0.132. The molecule has 1 aliphatic rings. The fourth-order valence-corrected chi connectivity index (χ4v) is 2.57. The molecule has 1 saturated heterocycles. The van der Waals surface area contributed by atoms with Crippen LogP contribution < -0.4 is 5.32 Å². The quantitative estimate of drug-likeness (QED) is 0.934. The minimum atomic E-state index is -0.318. The van der Waals surface area contributed by atoms with E-state index in [9.17, 15) is 4.79 Å². The Balaban J connectivity index is 1.68. The number of amides is 1. The topological polar surface area (TPSA) is 58.4 Å². The number of nitrogens with one attached hydrogen (secondary N) is 1. The Morgan fingerprint density at radius 2 is 2.05 bits per heavy atom. The predicted molar refractivity (Wildman–Crippen MR) is 77.5 cm³/mol. The van der Waals surface area contributed by atoms with Crippen LogP contribution in [0.4, 0.5) is 6.01 Å². The Bertz CT molecular complexity index is 569. The van der Waals surface area contributed by atoms with Crippen molar-refractivity contribution >= 4 is 23.0 Å². The standard InChI is InChI=1S/C15H19N3O2/c1-11(14(19)18-9-5-2-6-10-18)16-15-17-12-7-3-4-8-13(12)20-15/h3-4,7-8,11H,2,5-6,9-10H2,1H3,(H,16,17)/t11-/m0/s1. The summed E-state index contributed by atoms with van der Waals surface area (Å²) in [5.74, 6) is 0.118. The van der Waals surface area contributed by atoms with Crippen LogP contribution in [0.15, 0.2) is 28.7 Å². The average molecular weight is 273 g/mol. The second-order valence-corrected chi connectivity index (χ2v) is 5.24. The van der Waals surface area contributed by atoms with Crippen LogP contribution in [0.1, 0.15) is 26.2 Å². The lowest BCUT2D eigenvalue weighted by Gasteiger charge is -2.29. The fourth-order valence-electron chi connectivity index (χ4n) is 2.57. The molecule has 0 saturated carbocycles. The van der Waals surface area contributed by atoms with Crippen LogP contribution in [-0.2, 0) is 4.79 Å². The number of hydrogen-bond donors (Lipinski definition) is 1. The van der Waals surface area contributed by atoms with E-state index in [1.165, 1.54) is 6.42 Å². The van der Waals surface area contributed by atoms with Crippen molar-refractivity contribution in [1.29, 1.82) is 0 Å². The summed E-state index contributed by atoms with van der Waals surface area (Å²) in [6, 6.07) is 7.66. The number of aromatic nitrogens is 1. The minimum absolute atomic E-state index is 0.118. The van der Waals surface area contributed by atoms with E-state index in [0.717, 1.165) is 37.0 Å². The Morgan fingerprint density at radius 1 is 1.30 bits per heavy atom. The third kappa shape index (κ3) is 2.61. The number of piperidine rings is 1. The maximum atomic E-state index is 12.3. The number of benzene rings is 1. The van der Waals surface area contributed by atoms with Crippen LogP contribution in [0.3, 0.4) is 0 Å². The van der Waals surface area contributed by atoms with Gasteiger partial charge < -0.3 is 14.6 Å². The first-order chi connectivity index (χ1) is 9.74. The van der Waals surface area contributed by atoms with Gasteiger partial charge in [0.15, 0.2) is 5.58 Å². The molecule has 0 radical (unpaired) electrons. The zero-order valence-electron chi connectivity index (χ0n) is 11.6. The molecule has 0 aliphatic carbocycles. The number of nitrogens with zero attached hydrogens (tertiary/aromatic N) is 2. The van der Waals surface area contributed by atoms with Crippen molar-refractivity contribution in [3.8, 4) is 0 Å². The molecule has 1 aromatic carbocycles. The maximum absolute atomic E-state index is 12.3. The van der Waals surface area contributed by atoms with E-state index in [1.807, 2.05) is 36.1 Å². The zero-order valence-corrected chi connectivity index (χ0v) is 11.6. The Hall–Kier alpha value is -2.04. The van der Waals surface area contributed by atoms with E-state index in [0.29, 0.717) is 6.01 Å². The normalized spacial score (nSPS) is 17.1. The van der Waals surface area contributed by atoms with Crippen LogP contribution >= 0.6 is 0 Å². The molecule has 2 aromatic rings. The van der Waals surface area contributed by atoms with Crippen molar-refractivity contribution in [1.82, 2.24) is 9.88 Å². The molecular weight excluding hydrogens is 254 g/mol. The first-order valence-corrected chi connectivity index (χ1v) is 7.15. The summed E-state index contributed by atoms with van der Waals surface area (Å²) in [7, 11) is 0. The van der Waals surface area contributed by atoms with E-state index in [1.54, 1.807) is 0 Å². The zero-order chi connectivity index (χ0) is 13.9. The highest BCUT2D eigenvalue weighted by atomic mass is 16.4. The van der Waals surface area contributed by atoms with Crippen molar-refractivity contribution in [3.05, 3.63) is 24.3 Å². The van der Waals surface area contributed by atoms with Crippen molar-refractivity contribution in [2.75, 3.05) is 18.4 Å². The number of oxazole rings is 1. The highest BCUT2D eigenvalue weighted by Gasteiger charge is 2.23. The number of rotatable bonds is 3. The van der Waals surface area contributed by atoms with Crippen LogP contribution in [0, 0.1) is 0 Å². The molecule has 1 amide bonds. The molecule has 1 aliphatic heterocycles. The second kappa shape index (κ2) is 5.53. The van der Waals surface area contributed by atoms with Gasteiger partial charge in [-0.25, -0.2) is 0 Å². The molecule has 1 aromatic heterocycles. The average Bonchev–Trinajstić information content (AvgIpc) is 2.89. The Kier molecular flexibility index (Phi) is 3.58. The molecule has 20 heavy (non-hydrogen) atoms. The summed E-state index contributed by atoms with van der Waals surface area (Å²) >= 11 is 0. The van der Waals surface area contributed by atoms with Crippen LogP contribution in [-0.4, -0.2) is 34.9 Å². The molecule has 1 atom stereocenters. The van der Waals surface area contributed by atoms with Gasteiger partial charge in [0.1, 0.15) is 11.6 Å². The van der Waals surface area contributed by atoms with Crippen LogP contribution in [0.5, 0.6) is 0 Å². The monoisotopic (exact) mass is 273 g/mol. The van der Waals surface area contributed by atoms with E-state index >= 15 is 0 Å². The lowest BCUT2D eigenvalue weighted by atomic mass is 10.1. The SMILES string of the molecule is C[C@H](Nc1nc2ccccc2o1)C(=O)N1CCCCC1. The third-order valence-electron chi connectivity index (χ3n) is 3.67. The second-order valence-electron chi connectivity index (χ2n) is 5.24. The molecule has 5 nitrogen and oxygen atoms in total. The van der Waals surface area contributed by atoms with Gasteiger partial charge in [0.2, 0.25) is 5.91 Å². The van der Waals surface area contributed by atoms with Crippen molar-refractivity contribution in [3.63, 3.8) is 0 Å². The van der Waals surface area contributed by atoms with Gasteiger partial charge >= 0.3 is 0 Å². The summed E-state index contributed by atoms with van der Waals surface area (Å²) in [4.78, 5) is 18.6. The molecule has 2 heterocycles. The van der Waals surface area contributed by atoms with E-state index in [4.69, 9.17) is 4.42 Å². The highest BCUT2D eigenvalue weighted by Crippen LogP contribution is 2.19. The molecule has 5 heteroatoms. The fraction of sp³-hybridized carbons (Fsp3) is 0.467. The molecule has 0 spiro atoms. The largest absolute Gasteiger partial charge is 0.424 e.